The number of aromatic nitrogens is 2. The molecule has 2 heterocycles. The first-order valence-electron chi connectivity index (χ1n) is 10.7. The number of rotatable bonds is 9. The number of carbonyl (C=O) groups excluding carboxylic acids is 1. The van der Waals surface area contributed by atoms with Crippen LogP contribution in [-0.4, -0.2) is 53.3 Å². The highest BCUT2D eigenvalue weighted by atomic mass is 19.4. The summed E-state index contributed by atoms with van der Waals surface area (Å²) in [6.07, 6.45) is -2.74. The van der Waals surface area contributed by atoms with Crippen LogP contribution >= 0.6 is 0 Å². The molecule has 0 amide bonds. The number of nitrogens with two attached hydrogens (primary N) is 1. The third-order valence-corrected chi connectivity index (χ3v) is 5.42. The highest BCUT2D eigenvalue weighted by molar-refractivity contribution is 5.79. The smallest absolute Gasteiger partial charge is 0.433 e. The molecule has 2 atom stereocenters. The maximum Gasteiger partial charge on any atom is 0.433 e. The Kier molecular flexibility index (Phi) is 8.13. The number of benzene rings is 1. The lowest BCUT2D eigenvalue weighted by Gasteiger charge is -2.17. The summed E-state index contributed by atoms with van der Waals surface area (Å²) in [5.41, 5.74) is 5.30. The molecule has 2 aromatic rings. The number of hydrogen-bond acceptors (Lipinski definition) is 8. The third kappa shape index (κ3) is 6.49. The van der Waals surface area contributed by atoms with E-state index >= 15 is 0 Å². The number of halogens is 3. The molecule has 34 heavy (non-hydrogen) atoms. The Hall–Kier alpha value is -3.57. The second-order valence-electron chi connectivity index (χ2n) is 7.80. The summed E-state index contributed by atoms with van der Waals surface area (Å²) in [4.78, 5) is 21.8. The van der Waals surface area contributed by atoms with Crippen LogP contribution in [0, 0.1) is 11.8 Å². The highest BCUT2D eigenvalue weighted by Gasteiger charge is 2.40. The number of ether oxygens (including phenoxy) is 2. The fraction of sp³-hybridized carbons (Fsp3) is 0.455. The maximum atomic E-state index is 13.1. The number of oxime groups is 1. The minimum absolute atomic E-state index is 0.0668. The minimum Gasteiger partial charge on any atom is -0.493 e. The molecule has 1 fully saturated rings. The van der Waals surface area contributed by atoms with E-state index in [0.717, 1.165) is 17.8 Å². The van der Waals surface area contributed by atoms with E-state index in [9.17, 15) is 18.0 Å². The van der Waals surface area contributed by atoms with E-state index in [1.807, 2.05) is 12.1 Å². The van der Waals surface area contributed by atoms with Gasteiger partial charge >= 0.3 is 12.1 Å². The molecule has 0 aliphatic carbocycles. The van der Waals surface area contributed by atoms with Gasteiger partial charge in [-0.3, -0.25) is 4.79 Å². The first-order valence-corrected chi connectivity index (χ1v) is 10.7. The largest absolute Gasteiger partial charge is 0.493 e. The van der Waals surface area contributed by atoms with E-state index in [0.29, 0.717) is 18.7 Å². The molecule has 1 aliphatic rings. The summed E-state index contributed by atoms with van der Waals surface area (Å²) in [5, 5.41) is 11.4. The Bertz CT molecular complexity index is 1000. The summed E-state index contributed by atoms with van der Waals surface area (Å²) in [7, 11) is 0. The monoisotopic (exact) mass is 481 g/mol. The number of esters is 1. The third-order valence-electron chi connectivity index (χ3n) is 5.42. The second kappa shape index (κ2) is 11.0. The van der Waals surface area contributed by atoms with Crippen LogP contribution in [0.25, 0.3) is 0 Å². The van der Waals surface area contributed by atoms with Crippen LogP contribution in [0.1, 0.15) is 24.6 Å². The number of nitrogens with zero attached hydrogens (tertiary/aromatic N) is 4. The van der Waals surface area contributed by atoms with Crippen molar-refractivity contribution >= 4 is 17.8 Å². The van der Waals surface area contributed by atoms with Crippen molar-refractivity contribution in [2.45, 2.75) is 25.9 Å². The Balaban J connectivity index is 1.71. The fourth-order valence-corrected chi connectivity index (χ4v) is 3.76. The van der Waals surface area contributed by atoms with Gasteiger partial charge in [0.1, 0.15) is 17.3 Å². The first-order chi connectivity index (χ1) is 16.2. The molecule has 1 aliphatic heterocycles. The van der Waals surface area contributed by atoms with Crippen molar-refractivity contribution in [1.29, 1.82) is 0 Å². The summed E-state index contributed by atoms with van der Waals surface area (Å²) in [6, 6.07) is 8.05. The predicted octanol–water partition coefficient (Wildman–Crippen LogP) is 2.87. The molecule has 0 radical (unpaired) electrons. The van der Waals surface area contributed by atoms with Gasteiger partial charge in [0.2, 0.25) is 5.95 Å². The van der Waals surface area contributed by atoms with Gasteiger partial charge < -0.3 is 25.3 Å². The topological polar surface area (TPSA) is 123 Å². The molecular formula is C22H26F3N5O4. The number of amidine groups is 1. The number of anilines is 1. The van der Waals surface area contributed by atoms with Gasteiger partial charge in [-0.05, 0) is 43.0 Å². The average molecular weight is 481 g/mol. The lowest BCUT2D eigenvalue weighted by molar-refractivity contribution is -0.148. The van der Waals surface area contributed by atoms with Gasteiger partial charge in [-0.25, -0.2) is 9.97 Å². The molecule has 3 rings (SSSR count). The van der Waals surface area contributed by atoms with Crippen LogP contribution in [0.2, 0.25) is 0 Å². The molecule has 0 unspecified atom stereocenters. The van der Waals surface area contributed by atoms with Crippen molar-refractivity contribution in [2.24, 2.45) is 22.7 Å². The molecule has 1 saturated heterocycles. The summed E-state index contributed by atoms with van der Waals surface area (Å²) in [5.74, 6) is -0.538. The zero-order chi connectivity index (χ0) is 24.7. The van der Waals surface area contributed by atoms with Gasteiger partial charge in [0.05, 0.1) is 19.1 Å². The zero-order valence-electron chi connectivity index (χ0n) is 18.5. The standard InChI is InChI=1S/C22H26F3N5O4/c1-2-33-20(31)17-13-30(21-27-9-7-18(28-21)22(23,24)25)12-15(17)11-14-3-5-16(6-4-14)34-10-8-19(26)29-32/h3-7,9,15,17,32H,2,8,10-13H2,1H3,(H2,26,29)/t15-,17+/m1/s1. The number of alkyl halides is 3. The summed E-state index contributed by atoms with van der Waals surface area (Å²) < 4.78 is 50.0. The number of carbonyl (C=O) groups is 1. The van der Waals surface area contributed by atoms with E-state index in [4.69, 9.17) is 20.4 Å². The Morgan fingerprint density at radius 1 is 1.26 bits per heavy atom. The normalized spacial score (nSPS) is 18.7. The SMILES string of the molecule is CCOC(=O)[C@H]1CN(c2nccc(C(F)(F)F)n2)C[C@H]1Cc1ccc(OCC/C(N)=N/O)cc1. The summed E-state index contributed by atoms with van der Waals surface area (Å²) in [6.45, 7) is 2.63. The molecule has 3 N–H and O–H groups in total. The molecule has 0 saturated carbocycles. The van der Waals surface area contributed by atoms with Crippen molar-refractivity contribution in [2.75, 3.05) is 31.2 Å². The van der Waals surface area contributed by atoms with Gasteiger partial charge in [0, 0.05) is 25.7 Å². The van der Waals surface area contributed by atoms with E-state index in [-0.39, 0.29) is 43.9 Å². The fourth-order valence-electron chi connectivity index (χ4n) is 3.76. The molecule has 12 heteroatoms. The van der Waals surface area contributed by atoms with Crippen molar-refractivity contribution in [1.82, 2.24) is 9.97 Å². The van der Waals surface area contributed by atoms with Crippen LogP contribution in [0.5, 0.6) is 5.75 Å². The van der Waals surface area contributed by atoms with Crippen molar-refractivity contribution in [3.63, 3.8) is 0 Å². The van der Waals surface area contributed by atoms with Gasteiger partial charge in [0.25, 0.3) is 0 Å². The first kappa shape index (κ1) is 25.1. The van der Waals surface area contributed by atoms with Crippen LogP contribution in [0.4, 0.5) is 19.1 Å². The van der Waals surface area contributed by atoms with E-state index in [2.05, 4.69) is 15.1 Å². The second-order valence-corrected chi connectivity index (χ2v) is 7.80. The summed E-state index contributed by atoms with van der Waals surface area (Å²) >= 11 is 0. The number of hydrogen-bond donors (Lipinski definition) is 2. The average Bonchev–Trinajstić information content (AvgIpc) is 3.23. The molecule has 1 aromatic heterocycles. The molecule has 9 nitrogen and oxygen atoms in total. The Morgan fingerprint density at radius 3 is 2.65 bits per heavy atom. The molecule has 1 aromatic carbocycles. The quantitative estimate of drug-likeness (QED) is 0.184. The molecule has 0 bridgehead atoms. The van der Waals surface area contributed by atoms with Gasteiger partial charge in [-0.15, -0.1) is 0 Å². The molecular weight excluding hydrogens is 455 g/mol. The van der Waals surface area contributed by atoms with Crippen molar-refractivity contribution < 1.29 is 32.6 Å². The Labute approximate surface area is 194 Å². The Morgan fingerprint density at radius 2 is 2.00 bits per heavy atom. The van der Waals surface area contributed by atoms with E-state index in [1.165, 1.54) is 0 Å². The predicted molar refractivity (Wildman–Crippen MR) is 117 cm³/mol. The zero-order valence-corrected chi connectivity index (χ0v) is 18.5. The highest BCUT2D eigenvalue weighted by Crippen LogP contribution is 2.33. The minimum atomic E-state index is -4.59. The van der Waals surface area contributed by atoms with Crippen molar-refractivity contribution in [3.8, 4) is 5.75 Å². The maximum absolute atomic E-state index is 13.1. The van der Waals surface area contributed by atoms with Gasteiger partial charge in [0.15, 0.2) is 0 Å². The van der Waals surface area contributed by atoms with Crippen LogP contribution in [0.3, 0.4) is 0 Å². The van der Waals surface area contributed by atoms with E-state index < -0.39 is 23.8 Å². The van der Waals surface area contributed by atoms with Gasteiger partial charge in [-0.2, -0.15) is 13.2 Å². The van der Waals surface area contributed by atoms with Crippen LogP contribution in [-0.2, 0) is 22.1 Å². The van der Waals surface area contributed by atoms with Crippen LogP contribution in [0.15, 0.2) is 41.7 Å². The lowest BCUT2D eigenvalue weighted by Crippen LogP contribution is -2.27. The van der Waals surface area contributed by atoms with Gasteiger partial charge in [-0.1, -0.05) is 17.3 Å². The molecule has 0 spiro atoms. The van der Waals surface area contributed by atoms with Crippen LogP contribution < -0.4 is 15.4 Å². The van der Waals surface area contributed by atoms with Crippen molar-refractivity contribution in [3.05, 3.63) is 47.8 Å². The lowest BCUT2D eigenvalue weighted by atomic mass is 9.90. The molecule has 184 valence electrons. The van der Waals surface area contributed by atoms with E-state index in [1.54, 1.807) is 24.0 Å².